The quantitative estimate of drug-likeness (QED) is 0.482. The summed E-state index contributed by atoms with van der Waals surface area (Å²) in [6, 6.07) is 2.05. The van der Waals surface area contributed by atoms with E-state index in [1.54, 1.807) is 0 Å². The summed E-state index contributed by atoms with van der Waals surface area (Å²) in [4.78, 5) is 22.9. The van der Waals surface area contributed by atoms with Gasteiger partial charge in [0.1, 0.15) is 36.5 Å². The van der Waals surface area contributed by atoms with Crippen LogP contribution in [0.25, 0.3) is 0 Å². The van der Waals surface area contributed by atoms with Crippen LogP contribution in [0.15, 0.2) is 0 Å². The van der Waals surface area contributed by atoms with Crippen molar-refractivity contribution in [3.63, 3.8) is 0 Å². The van der Waals surface area contributed by atoms with Gasteiger partial charge in [0.15, 0.2) is 6.29 Å². The minimum absolute atomic E-state index is 0.115. The molecule has 2 rings (SSSR count). The van der Waals surface area contributed by atoms with E-state index >= 15 is 0 Å². The standard InChI is InChI=1S/C21H33NO9S/c1-10-11(2)20(29-16(9-27-13(4)24)18(10)28-14(5)25)31-19-12(3)21(32-7-6-22)30-15(8-23)17(19)26/h10-12,15-21,23,26H,7-9H2,1-5H3/t10?,11?,12-,15?,16?,17+,18+,19?,20-,21-/m0/s1. The molecular formula is C21H33NO9S. The Balaban J connectivity index is 2.21. The van der Waals surface area contributed by atoms with Gasteiger partial charge in [-0.05, 0) is 0 Å². The second kappa shape index (κ2) is 12.2. The van der Waals surface area contributed by atoms with Crippen molar-refractivity contribution in [3.05, 3.63) is 0 Å². The van der Waals surface area contributed by atoms with Gasteiger partial charge < -0.3 is 33.9 Å². The maximum atomic E-state index is 11.6. The second-order valence-electron chi connectivity index (χ2n) is 8.28. The summed E-state index contributed by atoms with van der Waals surface area (Å²) in [5, 5.41) is 29.3. The van der Waals surface area contributed by atoms with Crippen molar-refractivity contribution in [3.8, 4) is 6.07 Å². The molecule has 0 aromatic heterocycles. The van der Waals surface area contributed by atoms with Gasteiger partial charge in [0.2, 0.25) is 0 Å². The summed E-state index contributed by atoms with van der Waals surface area (Å²) < 4.78 is 28.6. The number of ether oxygens (including phenoxy) is 5. The molecule has 0 spiro atoms. The van der Waals surface area contributed by atoms with Crippen LogP contribution in [-0.4, -0.2) is 83.4 Å². The maximum Gasteiger partial charge on any atom is 0.303 e. The fourth-order valence-electron chi connectivity index (χ4n) is 4.00. The van der Waals surface area contributed by atoms with Crippen LogP contribution in [0.1, 0.15) is 34.6 Å². The number of nitrogens with zero attached hydrogens (tertiary/aromatic N) is 1. The lowest BCUT2D eigenvalue weighted by Gasteiger charge is -2.48. The molecule has 0 amide bonds. The zero-order chi connectivity index (χ0) is 24.0. The van der Waals surface area contributed by atoms with E-state index in [0.717, 1.165) is 0 Å². The molecule has 32 heavy (non-hydrogen) atoms. The molecule has 2 saturated heterocycles. The van der Waals surface area contributed by atoms with Gasteiger partial charge in [-0.1, -0.05) is 20.8 Å². The van der Waals surface area contributed by atoms with E-state index in [9.17, 15) is 19.8 Å². The summed E-state index contributed by atoms with van der Waals surface area (Å²) in [6.45, 7) is 7.67. The van der Waals surface area contributed by atoms with Crippen molar-refractivity contribution in [2.75, 3.05) is 19.0 Å². The van der Waals surface area contributed by atoms with Crippen LogP contribution in [0.4, 0.5) is 0 Å². The van der Waals surface area contributed by atoms with E-state index in [1.165, 1.54) is 25.6 Å². The lowest BCUT2D eigenvalue weighted by atomic mass is 9.84. The van der Waals surface area contributed by atoms with Crippen molar-refractivity contribution < 1.29 is 43.5 Å². The molecule has 2 aliphatic heterocycles. The van der Waals surface area contributed by atoms with Crippen LogP contribution in [0, 0.1) is 29.1 Å². The molecule has 2 heterocycles. The van der Waals surface area contributed by atoms with E-state index in [4.69, 9.17) is 28.9 Å². The molecule has 10 nitrogen and oxygen atoms in total. The second-order valence-corrected chi connectivity index (χ2v) is 9.37. The van der Waals surface area contributed by atoms with Crippen molar-refractivity contribution in [1.82, 2.24) is 0 Å². The van der Waals surface area contributed by atoms with E-state index in [1.807, 2.05) is 26.8 Å². The predicted molar refractivity (Wildman–Crippen MR) is 113 cm³/mol. The molecular weight excluding hydrogens is 442 g/mol. The number of carbonyl (C=O) groups excluding carboxylic acids is 2. The summed E-state index contributed by atoms with van der Waals surface area (Å²) in [6.07, 6.45) is -4.89. The highest BCUT2D eigenvalue weighted by molar-refractivity contribution is 7.99. The third-order valence-electron chi connectivity index (χ3n) is 5.96. The fraction of sp³-hybridized carbons (Fsp3) is 0.857. The van der Waals surface area contributed by atoms with Gasteiger partial charge in [-0.25, -0.2) is 0 Å². The first-order valence-corrected chi connectivity index (χ1v) is 11.7. The Hall–Kier alpha value is -1.42. The Morgan fingerprint density at radius 2 is 1.72 bits per heavy atom. The van der Waals surface area contributed by atoms with Gasteiger partial charge in [0, 0.05) is 31.6 Å². The molecule has 182 valence electrons. The third-order valence-corrected chi connectivity index (χ3v) is 7.13. The lowest BCUT2D eigenvalue weighted by Crippen LogP contribution is -2.59. The van der Waals surface area contributed by atoms with Gasteiger partial charge >= 0.3 is 11.9 Å². The van der Waals surface area contributed by atoms with Crippen LogP contribution in [0.5, 0.6) is 0 Å². The van der Waals surface area contributed by atoms with Crippen molar-refractivity contribution >= 4 is 23.7 Å². The molecule has 0 aromatic carbocycles. The molecule has 10 atom stereocenters. The van der Waals surface area contributed by atoms with E-state index in [-0.39, 0.29) is 30.1 Å². The van der Waals surface area contributed by atoms with Crippen LogP contribution < -0.4 is 0 Å². The average molecular weight is 476 g/mol. The molecule has 2 aliphatic rings. The SMILES string of the molecule is CC(=O)OCC1O[C@@H](OC2[C@H](O)C(CO)O[C@@H](SCC#N)[C@H]2C)C(C)C(C)[C@H]1OC(C)=O. The summed E-state index contributed by atoms with van der Waals surface area (Å²) in [5.74, 6) is -1.50. The van der Waals surface area contributed by atoms with Crippen LogP contribution in [0.3, 0.4) is 0 Å². The number of esters is 2. The van der Waals surface area contributed by atoms with Crippen molar-refractivity contribution in [2.24, 2.45) is 17.8 Å². The number of hydrogen-bond donors (Lipinski definition) is 2. The number of thioether (sulfide) groups is 1. The van der Waals surface area contributed by atoms with E-state index in [2.05, 4.69) is 0 Å². The fourth-order valence-corrected chi connectivity index (χ4v) is 4.92. The van der Waals surface area contributed by atoms with Gasteiger partial charge in [-0.3, -0.25) is 9.59 Å². The highest BCUT2D eigenvalue weighted by Gasteiger charge is 2.49. The molecule has 0 aliphatic carbocycles. The number of aliphatic hydroxyl groups excluding tert-OH is 2. The summed E-state index contributed by atoms with van der Waals surface area (Å²) in [5.41, 5.74) is -0.456. The molecule has 0 bridgehead atoms. The number of rotatable bonds is 8. The Morgan fingerprint density at radius 1 is 1.03 bits per heavy atom. The van der Waals surface area contributed by atoms with Crippen molar-refractivity contribution in [1.29, 1.82) is 5.26 Å². The number of nitriles is 1. The zero-order valence-electron chi connectivity index (χ0n) is 19.0. The number of carbonyl (C=O) groups is 2. The lowest BCUT2D eigenvalue weighted by molar-refractivity contribution is -0.313. The summed E-state index contributed by atoms with van der Waals surface area (Å²) in [7, 11) is 0. The average Bonchev–Trinajstić information content (AvgIpc) is 2.74. The molecule has 0 saturated carbocycles. The monoisotopic (exact) mass is 475 g/mol. The van der Waals surface area contributed by atoms with Gasteiger partial charge in [0.25, 0.3) is 0 Å². The zero-order valence-corrected chi connectivity index (χ0v) is 19.8. The Morgan fingerprint density at radius 3 is 2.28 bits per heavy atom. The Bertz CT molecular complexity index is 687. The first kappa shape index (κ1) is 26.8. The molecule has 2 fully saturated rings. The largest absolute Gasteiger partial charge is 0.463 e. The Kier molecular flexibility index (Phi) is 10.2. The van der Waals surface area contributed by atoms with E-state index < -0.39 is 60.8 Å². The first-order valence-electron chi connectivity index (χ1n) is 10.6. The number of aliphatic hydroxyl groups is 2. The Labute approximate surface area is 192 Å². The normalized spacial score (nSPS) is 39.7. The van der Waals surface area contributed by atoms with Gasteiger partial charge in [0.05, 0.1) is 24.5 Å². The smallest absolute Gasteiger partial charge is 0.303 e. The summed E-state index contributed by atoms with van der Waals surface area (Å²) >= 11 is 1.27. The first-order chi connectivity index (χ1) is 15.1. The highest BCUT2D eigenvalue weighted by Crippen LogP contribution is 2.39. The molecule has 11 heteroatoms. The molecule has 5 unspecified atom stereocenters. The van der Waals surface area contributed by atoms with Crippen LogP contribution in [0.2, 0.25) is 0 Å². The topological polar surface area (TPSA) is 145 Å². The van der Waals surface area contributed by atoms with Crippen LogP contribution in [-0.2, 0) is 33.3 Å². The van der Waals surface area contributed by atoms with Crippen molar-refractivity contribution in [2.45, 2.75) is 76.9 Å². The van der Waals surface area contributed by atoms with Gasteiger partial charge in [-0.2, -0.15) is 5.26 Å². The molecule has 0 aromatic rings. The maximum absolute atomic E-state index is 11.6. The predicted octanol–water partition coefficient (Wildman–Crippen LogP) is 0.834. The number of hydrogen-bond acceptors (Lipinski definition) is 11. The minimum Gasteiger partial charge on any atom is -0.463 e. The molecule has 0 radical (unpaired) electrons. The van der Waals surface area contributed by atoms with Gasteiger partial charge in [-0.15, -0.1) is 11.8 Å². The minimum atomic E-state index is -1.11. The molecule has 2 N–H and O–H groups in total. The third kappa shape index (κ3) is 6.56. The highest BCUT2D eigenvalue weighted by atomic mass is 32.2. The van der Waals surface area contributed by atoms with Crippen LogP contribution >= 0.6 is 11.8 Å². The van der Waals surface area contributed by atoms with E-state index in [0.29, 0.717) is 0 Å².